The highest BCUT2D eigenvalue weighted by molar-refractivity contribution is 4.90. The van der Waals surface area contributed by atoms with Crippen LogP contribution >= 0.6 is 0 Å². The van der Waals surface area contributed by atoms with E-state index in [9.17, 15) is 5.11 Å². The molecule has 0 saturated heterocycles. The second kappa shape index (κ2) is 5.69. The molecule has 0 aliphatic heterocycles. The van der Waals surface area contributed by atoms with Gasteiger partial charge in [-0.1, -0.05) is 19.3 Å². The lowest BCUT2D eigenvalue weighted by Gasteiger charge is -2.36. The van der Waals surface area contributed by atoms with Crippen molar-refractivity contribution < 1.29 is 10.2 Å². The van der Waals surface area contributed by atoms with Gasteiger partial charge in [-0.25, -0.2) is 0 Å². The van der Waals surface area contributed by atoms with Crippen molar-refractivity contribution in [2.75, 3.05) is 13.2 Å². The molecule has 1 fully saturated rings. The Morgan fingerprint density at radius 2 is 1.93 bits per heavy atom. The van der Waals surface area contributed by atoms with E-state index in [4.69, 9.17) is 5.11 Å². The predicted molar refractivity (Wildman–Crippen MR) is 57.2 cm³/mol. The summed E-state index contributed by atoms with van der Waals surface area (Å²) in [6.07, 6.45) is 6.38. The van der Waals surface area contributed by atoms with Crippen LogP contribution in [0.5, 0.6) is 0 Å². The first-order valence-corrected chi connectivity index (χ1v) is 5.72. The van der Waals surface area contributed by atoms with Crippen LogP contribution in [0.25, 0.3) is 0 Å². The zero-order chi connectivity index (χ0) is 10.4. The lowest BCUT2D eigenvalue weighted by atomic mass is 9.82. The van der Waals surface area contributed by atoms with E-state index >= 15 is 0 Å². The van der Waals surface area contributed by atoms with Crippen LogP contribution in [0, 0.1) is 0 Å². The molecule has 0 radical (unpaired) electrons. The third-order valence-corrected chi connectivity index (χ3v) is 3.18. The van der Waals surface area contributed by atoms with Gasteiger partial charge in [-0.05, 0) is 32.7 Å². The van der Waals surface area contributed by atoms with Crippen LogP contribution in [0.3, 0.4) is 0 Å². The van der Waals surface area contributed by atoms with E-state index in [-0.39, 0.29) is 18.2 Å². The molecule has 3 heteroatoms. The molecule has 0 aromatic heterocycles. The maximum atomic E-state index is 9.38. The summed E-state index contributed by atoms with van der Waals surface area (Å²) in [4.78, 5) is 0. The molecule has 1 aliphatic rings. The molecule has 1 atom stereocenters. The van der Waals surface area contributed by atoms with Crippen LogP contribution in [0.4, 0.5) is 0 Å². The second-order valence-electron chi connectivity index (χ2n) is 4.56. The Bertz CT molecular complexity index is 153. The summed E-state index contributed by atoms with van der Waals surface area (Å²) in [5.41, 5.74) is -0.0485. The first kappa shape index (κ1) is 12.0. The van der Waals surface area contributed by atoms with E-state index in [1.54, 1.807) is 6.92 Å². The number of hydrogen-bond acceptors (Lipinski definition) is 3. The average molecular weight is 201 g/mol. The van der Waals surface area contributed by atoms with Gasteiger partial charge in [-0.3, -0.25) is 0 Å². The number of nitrogens with one attached hydrogen (secondary N) is 1. The highest BCUT2D eigenvalue weighted by Crippen LogP contribution is 2.27. The van der Waals surface area contributed by atoms with Gasteiger partial charge in [0, 0.05) is 5.54 Å². The average Bonchev–Trinajstić information content (AvgIpc) is 2.19. The van der Waals surface area contributed by atoms with Crippen molar-refractivity contribution in [1.29, 1.82) is 0 Å². The van der Waals surface area contributed by atoms with Crippen molar-refractivity contribution in [3.63, 3.8) is 0 Å². The molecular weight excluding hydrogens is 178 g/mol. The standard InChI is InChI=1S/C11H23NO2/c1-10(14)5-8-12-11(9-13)6-3-2-4-7-11/h10,12-14H,2-9H2,1H3. The molecule has 1 saturated carbocycles. The molecule has 84 valence electrons. The first-order valence-electron chi connectivity index (χ1n) is 5.72. The molecule has 0 amide bonds. The second-order valence-corrected chi connectivity index (χ2v) is 4.56. The van der Waals surface area contributed by atoms with Gasteiger partial charge in [0.25, 0.3) is 0 Å². The van der Waals surface area contributed by atoms with Crippen molar-refractivity contribution in [1.82, 2.24) is 5.32 Å². The maximum absolute atomic E-state index is 9.38. The summed E-state index contributed by atoms with van der Waals surface area (Å²) < 4.78 is 0. The molecule has 3 nitrogen and oxygen atoms in total. The zero-order valence-corrected chi connectivity index (χ0v) is 9.13. The van der Waals surface area contributed by atoms with Crippen LogP contribution in [-0.4, -0.2) is 35.0 Å². The molecule has 0 spiro atoms. The largest absolute Gasteiger partial charge is 0.394 e. The lowest BCUT2D eigenvalue weighted by molar-refractivity contribution is 0.112. The van der Waals surface area contributed by atoms with Crippen molar-refractivity contribution in [3.8, 4) is 0 Å². The molecule has 1 rings (SSSR count). The van der Waals surface area contributed by atoms with Crippen LogP contribution in [-0.2, 0) is 0 Å². The Morgan fingerprint density at radius 3 is 2.43 bits per heavy atom. The quantitative estimate of drug-likeness (QED) is 0.623. The highest BCUT2D eigenvalue weighted by atomic mass is 16.3. The molecular formula is C11H23NO2. The number of aliphatic hydroxyl groups is 2. The van der Waals surface area contributed by atoms with E-state index in [0.29, 0.717) is 0 Å². The zero-order valence-electron chi connectivity index (χ0n) is 9.13. The fraction of sp³-hybridized carbons (Fsp3) is 1.00. The van der Waals surface area contributed by atoms with Gasteiger partial charge in [0.1, 0.15) is 0 Å². The van der Waals surface area contributed by atoms with E-state index in [1.165, 1.54) is 19.3 Å². The molecule has 0 heterocycles. The summed E-state index contributed by atoms with van der Waals surface area (Å²) in [6.45, 7) is 2.83. The monoisotopic (exact) mass is 201 g/mol. The Morgan fingerprint density at radius 1 is 1.29 bits per heavy atom. The fourth-order valence-electron chi connectivity index (χ4n) is 2.17. The van der Waals surface area contributed by atoms with Gasteiger partial charge in [-0.2, -0.15) is 0 Å². The van der Waals surface area contributed by atoms with Crippen molar-refractivity contribution in [2.45, 2.75) is 57.1 Å². The summed E-state index contributed by atoms with van der Waals surface area (Å²) >= 11 is 0. The fourth-order valence-corrected chi connectivity index (χ4v) is 2.17. The number of rotatable bonds is 5. The normalized spacial score (nSPS) is 23.4. The molecule has 3 N–H and O–H groups in total. The van der Waals surface area contributed by atoms with Crippen LogP contribution < -0.4 is 5.32 Å². The molecule has 14 heavy (non-hydrogen) atoms. The molecule has 0 aromatic rings. The SMILES string of the molecule is CC(O)CCNC1(CO)CCCCC1. The van der Waals surface area contributed by atoms with Crippen molar-refractivity contribution in [3.05, 3.63) is 0 Å². The van der Waals surface area contributed by atoms with Crippen LogP contribution in [0.2, 0.25) is 0 Å². The van der Waals surface area contributed by atoms with Gasteiger partial charge >= 0.3 is 0 Å². The van der Waals surface area contributed by atoms with Gasteiger partial charge < -0.3 is 15.5 Å². The molecule has 0 bridgehead atoms. The van der Waals surface area contributed by atoms with Crippen molar-refractivity contribution in [2.24, 2.45) is 0 Å². The topological polar surface area (TPSA) is 52.5 Å². The molecule has 1 aliphatic carbocycles. The predicted octanol–water partition coefficient (Wildman–Crippen LogP) is 1.04. The number of aliphatic hydroxyl groups excluding tert-OH is 2. The minimum absolute atomic E-state index is 0.0485. The first-order chi connectivity index (χ1) is 6.68. The van der Waals surface area contributed by atoms with E-state index < -0.39 is 0 Å². The van der Waals surface area contributed by atoms with E-state index in [1.807, 2.05) is 0 Å². The summed E-state index contributed by atoms with van der Waals surface area (Å²) in [5.74, 6) is 0. The minimum Gasteiger partial charge on any atom is -0.394 e. The summed E-state index contributed by atoms with van der Waals surface area (Å²) in [6, 6.07) is 0. The molecule has 0 aromatic carbocycles. The Kier molecular flexibility index (Phi) is 4.85. The summed E-state index contributed by atoms with van der Waals surface area (Å²) in [5, 5.41) is 21.9. The van der Waals surface area contributed by atoms with Gasteiger partial charge in [0.05, 0.1) is 12.7 Å². The lowest BCUT2D eigenvalue weighted by Crippen LogP contribution is -2.50. The van der Waals surface area contributed by atoms with Crippen molar-refractivity contribution >= 4 is 0 Å². The smallest absolute Gasteiger partial charge is 0.0613 e. The summed E-state index contributed by atoms with van der Waals surface area (Å²) in [7, 11) is 0. The Balaban J connectivity index is 2.29. The third-order valence-electron chi connectivity index (χ3n) is 3.18. The number of hydrogen-bond donors (Lipinski definition) is 3. The van der Waals surface area contributed by atoms with Gasteiger partial charge in [0.15, 0.2) is 0 Å². The van der Waals surface area contributed by atoms with E-state index in [0.717, 1.165) is 25.8 Å². The molecule has 1 unspecified atom stereocenters. The van der Waals surface area contributed by atoms with Crippen LogP contribution in [0.15, 0.2) is 0 Å². The van der Waals surface area contributed by atoms with Gasteiger partial charge in [0.2, 0.25) is 0 Å². The third kappa shape index (κ3) is 3.56. The van der Waals surface area contributed by atoms with Crippen LogP contribution in [0.1, 0.15) is 45.4 Å². The Labute approximate surface area is 86.5 Å². The Hall–Kier alpha value is -0.120. The maximum Gasteiger partial charge on any atom is 0.0613 e. The highest BCUT2D eigenvalue weighted by Gasteiger charge is 2.30. The minimum atomic E-state index is -0.248. The van der Waals surface area contributed by atoms with E-state index in [2.05, 4.69) is 5.32 Å². The van der Waals surface area contributed by atoms with Gasteiger partial charge in [-0.15, -0.1) is 0 Å².